The van der Waals surface area contributed by atoms with Crippen molar-refractivity contribution in [3.8, 4) is 0 Å². The Labute approximate surface area is 88.3 Å². The van der Waals surface area contributed by atoms with Crippen molar-refractivity contribution in [1.82, 2.24) is 20.2 Å². The van der Waals surface area contributed by atoms with Crippen LogP contribution in [0, 0.1) is 11.8 Å². The molecule has 0 spiro atoms. The smallest absolute Gasteiger partial charge is 0.306 e. The lowest BCUT2D eigenvalue weighted by molar-refractivity contribution is -0.142. The number of carboxylic acids is 1. The summed E-state index contributed by atoms with van der Waals surface area (Å²) in [6.07, 6.45) is 1.03. The second kappa shape index (κ2) is 4.86. The molecule has 1 aromatic rings. The fourth-order valence-electron chi connectivity index (χ4n) is 1.48. The molecule has 0 aliphatic carbocycles. The van der Waals surface area contributed by atoms with E-state index >= 15 is 0 Å². The summed E-state index contributed by atoms with van der Waals surface area (Å²) in [6, 6.07) is 0. The molecule has 0 aliphatic rings. The highest BCUT2D eigenvalue weighted by Crippen LogP contribution is 2.15. The molecule has 6 nitrogen and oxygen atoms in total. The molecule has 0 saturated carbocycles. The Kier molecular flexibility index (Phi) is 3.76. The first-order valence-corrected chi connectivity index (χ1v) is 4.94. The number of aryl methyl sites for hydroxylation is 1. The zero-order chi connectivity index (χ0) is 11.4. The lowest BCUT2D eigenvalue weighted by Gasteiger charge is -2.13. The maximum atomic E-state index is 11.0. The average molecular weight is 212 g/mol. The van der Waals surface area contributed by atoms with E-state index in [4.69, 9.17) is 5.11 Å². The molecule has 0 saturated heterocycles. The van der Waals surface area contributed by atoms with Crippen molar-refractivity contribution >= 4 is 5.97 Å². The molecule has 1 unspecified atom stereocenters. The van der Waals surface area contributed by atoms with E-state index in [1.54, 1.807) is 7.05 Å². The summed E-state index contributed by atoms with van der Waals surface area (Å²) in [5.41, 5.74) is 0. The average Bonchev–Trinajstić information content (AvgIpc) is 2.50. The van der Waals surface area contributed by atoms with Gasteiger partial charge in [-0.2, -0.15) is 0 Å². The zero-order valence-corrected chi connectivity index (χ0v) is 9.21. The van der Waals surface area contributed by atoms with E-state index in [1.807, 2.05) is 13.8 Å². The number of hydrogen-bond acceptors (Lipinski definition) is 4. The van der Waals surface area contributed by atoms with Gasteiger partial charge in [-0.05, 0) is 22.8 Å². The normalized spacial score (nSPS) is 13.1. The van der Waals surface area contributed by atoms with Crippen LogP contribution in [0.15, 0.2) is 0 Å². The number of aliphatic carboxylic acids is 1. The van der Waals surface area contributed by atoms with Gasteiger partial charge in [-0.15, -0.1) is 5.10 Å². The Morgan fingerprint density at radius 2 is 2.20 bits per heavy atom. The summed E-state index contributed by atoms with van der Waals surface area (Å²) in [5, 5.41) is 20.0. The summed E-state index contributed by atoms with van der Waals surface area (Å²) in [6.45, 7) is 4.01. The Hall–Kier alpha value is -1.46. The van der Waals surface area contributed by atoms with Gasteiger partial charge in [-0.25, -0.2) is 4.68 Å². The first kappa shape index (κ1) is 11.6. The minimum atomic E-state index is -0.785. The second-order valence-corrected chi connectivity index (χ2v) is 4.09. The van der Waals surface area contributed by atoms with Crippen LogP contribution in [0.5, 0.6) is 0 Å². The highest BCUT2D eigenvalue weighted by molar-refractivity contribution is 5.70. The van der Waals surface area contributed by atoms with Gasteiger partial charge in [0.05, 0.1) is 5.92 Å². The van der Waals surface area contributed by atoms with Gasteiger partial charge in [0.2, 0.25) is 0 Å². The van der Waals surface area contributed by atoms with Crippen molar-refractivity contribution in [2.75, 3.05) is 0 Å². The van der Waals surface area contributed by atoms with Crippen LogP contribution in [-0.2, 0) is 18.3 Å². The summed E-state index contributed by atoms with van der Waals surface area (Å²) >= 11 is 0. The fraction of sp³-hybridized carbons (Fsp3) is 0.778. The van der Waals surface area contributed by atoms with Gasteiger partial charge in [0.1, 0.15) is 0 Å². The third kappa shape index (κ3) is 3.30. The number of rotatable bonds is 5. The van der Waals surface area contributed by atoms with E-state index in [0.29, 0.717) is 24.6 Å². The number of tetrazole rings is 1. The van der Waals surface area contributed by atoms with Crippen LogP contribution in [0.4, 0.5) is 0 Å². The predicted octanol–water partition coefficient (Wildman–Crippen LogP) is 0.499. The summed E-state index contributed by atoms with van der Waals surface area (Å²) in [4.78, 5) is 11.0. The molecule has 0 fully saturated rings. The first-order valence-electron chi connectivity index (χ1n) is 4.94. The first-order chi connectivity index (χ1) is 7.00. The van der Waals surface area contributed by atoms with Gasteiger partial charge in [0.15, 0.2) is 5.82 Å². The van der Waals surface area contributed by atoms with Crippen LogP contribution in [0.2, 0.25) is 0 Å². The quantitative estimate of drug-likeness (QED) is 0.768. The molecule has 84 valence electrons. The zero-order valence-electron chi connectivity index (χ0n) is 9.21. The number of carbonyl (C=O) groups is 1. The molecule has 15 heavy (non-hydrogen) atoms. The summed E-state index contributed by atoms with van der Waals surface area (Å²) in [7, 11) is 1.71. The van der Waals surface area contributed by atoms with Crippen molar-refractivity contribution in [2.45, 2.75) is 26.7 Å². The molecule has 1 heterocycles. The Morgan fingerprint density at radius 3 is 2.60 bits per heavy atom. The van der Waals surface area contributed by atoms with Crippen LogP contribution >= 0.6 is 0 Å². The maximum Gasteiger partial charge on any atom is 0.306 e. The summed E-state index contributed by atoms with van der Waals surface area (Å²) < 4.78 is 1.51. The lowest BCUT2D eigenvalue weighted by Crippen LogP contribution is -2.20. The largest absolute Gasteiger partial charge is 0.481 e. The maximum absolute atomic E-state index is 11.0. The molecule has 1 aromatic heterocycles. The highest BCUT2D eigenvalue weighted by atomic mass is 16.4. The van der Waals surface area contributed by atoms with Crippen LogP contribution in [0.1, 0.15) is 26.1 Å². The SMILES string of the molecule is CC(C)CC(Cc1nnnn1C)C(=O)O. The monoisotopic (exact) mass is 212 g/mol. The van der Waals surface area contributed by atoms with Crippen LogP contribution in [0.3, 0.4) is 0 Å². The molecule has 1 atom stereocenters. The second-order valence-electron chi connectivity index (χ2n) is 4.09. The minimum Gasteiger partial charge on any atom is -0.481 e. The lowest BCUT2D eigenvalue weighted by atomic mass is 9.94. The fourth-order valence-corrected chi connectivity index (χ4v) is 1.48. The van der Waals surface area contributed by atoms with E-state index in [1.165, 1.54) is 4.68 Å². The van der Waals surface area contributed by atoms with Crippen molar-refractivity contribution in [2.24, 2.45) is 18.9 Å². The van der Waals surface area contributed by atoms with E-state index < -0.39 is 11.9 Å². The molecule has 0 radical (unpaired) electrons. The van der Waals surface area contributed by atoms with Gasteiger partial charge in [-0.1, -0.05) is 13.8 Å². The van der Waals surface area contributed by atoms with E-state index in [0.717, 1.165) is 0 Å². The molecule has 1 N–H and O–H groups in total. The molecule has 0 bridgehead atoms. The Balaban J connectivity index is 2.67. The van der Waals surface area contributed by atoms with Gasteiger partial charge >= 0.3 is 5.97 Å². The molecular weight excluding hydrogens is 196 g/mol. The Morgan fingerprint density at radius 1 is 1.53 bits per heavy atom. The predicted molar refractivity (Wildman–Crippen MR) is 53.1 cm³/mol. The molecule has 0 aromatic carbocycles. The number of carboxylic acid groups (broad SMARTS) is 1. The van der Waals surface area contributed by atoms with Gasteiger partial charge in [-0.3, -0.25) is 4.79 Å². The standard InChI is InChI=1S/C9H16N4O2/c1-6(2)4-7(9(14)15)5-8-10-11-12-13(8)3/h6-7H,4-5H2,1-3H3,(H,14,15). The summed E-state index contributed by atoms with van der Waals surface area (Å²) in [5.74, 6) is -0.225. The molecule has 0 aliphatic heterocycles. The number of hydrogen-bond donors (Lipinski definition) is 1. The van der Waals surface area contributed by atoms with Gasteiger partial charge < -0.3 is 5.11 Å². The van der Waals surface area contributed by atoms with Crippen LogP contribution in [-0.4, -0.2) is 31.3 Å². The number of nitrogens with zero attached hydrogens (tertiary/aromatic N) is 4. The van der Waals surface area contributed by atoms with Crippen molar-refractivity contribution < 1.29 is 9.90 Å². The van der Waals surface area contributed by atoms with Crippen molar-refractivity contribution in [1.29, 1.82) is 0 Å². The van der Waals surface area contributed by atoms with Crippen molar-refractivity contribution in [3.05, 3.63) is 5.82 Å². The Bertz CT molecular complexity index is 335. The minimum absolute atomic E-state index is 0.354. The van der Waals surface area contributed by atoms with E-state index in [9.17, 15) is 4.79 Å². The molecule has 1 rings (SSSR count). The van der Waals surface area contributed by atoms with E-state index in [-0.39, 0.29) is 0 Å². The van der Waals surface area contributed by atoms with Crippen molar-refractivity contribution in [3.63, 3.8) is 0 Å². The van der Waals surface area contributed by atoms with Gasteiger partial charge in [0, 0.05) is 13.5 Å². The van der Waals surface area contributed by atoms with Crippen LogP contribution < -0.4 is 0 Å². The number of aromatic nitrogens is 4. The van der Waals surface area contributed by atoms with Crippen LogP contribution in [0.25, 0.3) is 0 Å². The third-order valence-corrected chi connectivity index (χ3v) is 2.24. The molecule has 0 amide bonds. The topological polar surface area (TPSA) is 80.9 Å². The van der Waals surface area contributed by atoms with E-state index in [2.05, 4.69) is 15.5 Å². The van der Waals surface area contributed by atoms with Gasteiger partial charge in [0.25, 0.3) is 0 Å². The third-order valence-electron chi connectivity index (χ3n) is 2.24. The highest BCUT2D eigenvalue weighted by Gasteiger charge is 2.21. The molecular formula is C9H16N4O2. The molecule has 6 heteroatoms.